The van der Waals surface area contributed by atoms with E-state index in [0.717, 1.165) is 6.54 Å². The van der Waals surface area contributed by atoms with Crippen molar-refractivity contribution in [3.05, 3.63) is 35.4 Å². The maximum Gasteiger partial charge on any atom is 0.114 e. The zero-order valence-electron chi connectivity index (χ0n) is 9.64. The maximum atomic E-state index is 10.2. The van der Waals surface area contributed by atoms with Gasteiger partial charge in [0.2, 0.25) is 0 Å². The summed E-state index contributed by atoms with van der Waals surface area (Å²) in [7, 11) is 1.98. The van der Waals surface area contributed by atoms with Gasteiger partial charge in [0.15, 0.2) is 0 Å². The summed E-state index contributed by atoms with van der Waals surface area (Å²) in [6.07, 6.45) is -0.347. The minimum Gasteiger partial charge on any atom is -0.378 e. The molecule has 1 aliphatic rings. The summed E-state index contributed by atoms with van der Waals surface area (Å²) in [6, 6.07) is 8.44. The van der Waals surface area contributed by atoms with Crippen molar-refractivity contribution in [2.45, 2.75) is 32.5 Å². The van der Waals surface area contributed by atoms with Crippen LogP contribution in [0, 0.1) is 5.92 Å². The molecule has 0 saturated carbocycles. The molecule has 82 valence electrons. The summed E-state index contributed by atoms with van der Waals surface area (Å²) in [5, 5.41) is 10.2. The van der Waals surface area contributed by atoms with Crippen molar-refractivity contribution in [3.63, 3.8) is 0 Å². The van der Waals surface area contributed by atoms with Gasteiger partial charge in [-0.15, -0.1) is 0 Å². The molecule has 2 unspecified atom stereocenters. The van der Waals surface area contributed by atoms with Crippen LogP contribution in [0.3, 0.4) is 0 Å². The molecule has 2 nitrogen and oxygen atoms in total. The number of hydrogen-bond donors (Lipinski definition) is 1. The lowest BCUT2D eigenvalue weighted by Crippen LogP contribution is -2.42. The molecular formula is C13H19NO. The maximum absolute atomic E-state index is 10.2. The van der Waals surface area contributed by atoms with E-state index < -0.39 is 0 Å². The van der Waals surface area contributed by atoms with Gasteiger partial charge in [-0.05, 0) is 24.1 Å². The molecule has 2 rings (SSSR count). The van der Waals surface area contributed by atoms with E-state index in [1.165, 1.54) is 11.1 Å². The van der Waals surface area contributed by atoms with E-state index in [4.69, 9.17) is 0 Å². The van der Waals surface area contributed by atoms with E-state index >= 15 is 0 Å². The normalized spacial score (nSPS) is 26.7. The lowest BCUT2D eigenvalue weighted by atomic mass is 9.81. The molecule has 1 N–H and O–H groups in total. The predicted molar refractivity (Wildman–Crippen MR) is 61.5 cm³/mol. The van der Waals surface area contributed by atoms with Crippen LogP contribution in [0.15, 0.2) is 24.3 Å². The van der Waals surface area contributed by atoms with Crippen LogP contribution in [0.5, 0.6) is 0 Å². The van der Waals surface area contributed by atoms with Gasteiger partial charge in [0.05, 0.1) is 0 Å². The molecule has 1 heterocycles. The fraction of sp³-hybridized carbons (Fsp3) is 0.538. The van der Waals surface area contributed by atoms with Gasteiger partial charge in [-0.25, -0.2) is 0 Å². The Bertz CT molecular complexity index is 348. The Hall–Kier alpha value is -0.860. The first kappa shape index (κ1) is 10.7. The molecule has 2 heteroatoms. The summed E-state index contributed by atoms with van der Waals surface area (Å²) >= 11 is 0. The second-order valence-electron chi connectivity index (χ2n) is 4.80. The van der Waals surface area contributed by atoms with Gasteiger partial charge in [-0.3, -0.25) is 4.90 Å². The van der Waals surface area contributed by atoms with Crippen molar-refractivity contribution < 1.29 is 5.11 Å². The third-order valence-electron chi connectivity index (χ3n) is 3.32. The fourth-order valence-electron chi connectivity index (χ4n) is 2.50. The van der Waals surface area contributed by atoms with E-state index in [0.29, 0.717) is 5.92 Å². The van der Waals surface area contributed by atoms with Crippen LogP contribution in [0.1, 0.15) is 30.9 Å². The molecule has 0 saturated heterocycles. The first-order valence-corrected chi connectivity index (χ1v) is 5.57. The summed E-state index contributed by atoms with van der Waals surface area (Å²) < 4.78 is 0. The number of aliphatic hydroxyl groups excluding tert-OH is 1. The van der Waals surface area contributed by atoms with Crippen LogP contribution in [-0.4, -0.2) is 23.3 Å². The van der Waals surface area contributed by atoms with Crippen LogP contribution in [0.2, 0.25) is 0 Å². The van der Waals surface area contributed by atoms with E-state index in [2.05, 4.69) is 38.1 Å². The van der Waals surface area contributed by atoms with E-state index in [1.807, 2.05) is 11.9 Å². The molecule has 0 aromatic heterocycles. The van der Waals surface area contributed by atoms with Crippen molar-refractivity contribution in [3.8, 4) is 0 Å². The first-order chi connectivity index (χ1) is 7.11. The van der Waals surface area contributed by atoms with Crippen molar-refractivity contribution in [2.75, 3.05) is 7.05 Å². The first-order valence-electron chi connectivity index (χ1n) is 5.57. The lowest BCUT2D eigenvalue weighted by Gasteiger charge is -2.39. The molecule has 0 aliphatic carbocycles. The molecule has 1 aromatic carbocycles. The van der Waals surface area contributed by atoms with Crippen molar-refractivity contribution in [2.24, 2.45) is 5.92 Å². The topological polar surface area (TPSA) is 23.5 Å². The number of rotatable bonds is 1. The molecule has 2 atom stereocenters. The second-order valence-corrected chi connectivity index (χ2v) is 4.80. The molecule has 0 radical (unpaired) electrons. The number of aliphatic hydroxyl groups is 1. The Kier molecular flexibility index (Phi) is 2.81. The minimum atomic E-state index is -0.347. The van der Waals surface area contributed by atoms with Crippen LogP contribution in [0.4, 0.5) is 0 Å². The number of benzene rings is 1. The van der Waals surface area contributed by atoms with E-state index in [-0.39, 0.29) is 12.1 Å². The van der Waals surface area contributed by atoms with Gasteiger partial charge in [-0.1, -0.05) is 38.1 Å². The Morgan fingerprint density at radius 1 is 1.33 bits per heavy atom. The van der Waals surface area contributed by atoms with Crippen molar-refractivity contribution in [1.29, 1.82) is 0 Å². The number of likely N-dealkylation sites (N-methyl/N-ethyl adjacent to an activating group) is 1. The summed E-state index contributed by atoms with van der Waals surface area (Å²) in [5.41, 5.74) is 2.67. The Labute approximate surface area is 91.5 Å². The standard InChI is InChI=1S/C13H19NO/c1-9(2)12-11-7-5-4-6-10(11)8-14(3)13(12)15/h4-7,9,12-13,15H,8H2,1-3H3. The van der Waals surface area contributed by atoms with Gasteiger partial charge in [0.25, 0.3) is 0 Å². The van der Waals surface area contributed by atoms with Crippen LogP contribution < -0.4 is 0 Å². The van der Waals surface area contributed by atoms with Gasteiger partial charge in [0, 0.05) is 12.5 Å². The molecule has 0 spiro atoms. The van der Waals surface area contributed by atoms with Crippen LogP contribution in [0.25, 0.3) is 0 Å². The average Bonchev–Trinajstić information content (AvgIpc) is 2.19. The molecular weight excluding hydrogens is 186 g/mol. The minimum absolute atomic E-state index is 0.236. The molecule has 0 bridgehead atoms. The van der Waals surface area contributed by atoms with Gasteiger partial charge >= 0.3 is 0 Å². The average molecular weight is 205 g/mol. The summed E-state index contributed by atoms with van der Waals surface area (Å²) in [6.45, 7) is 5.19. The van der Waals surface area contributed by atoms with E-state index in [1.54, 1.807) is 0 Å². The Morgan fingerprint density at radius 3 is 2.67 bits per heavy atom. The molecule has 15 heavy (non-hydrogen) atoms. The predicted octanol–water partition coefficient (Wildman–Crippen LogP) is 2.19. The second kappa shape index (κ2) is 3.95. The molecule has 1 aromatic rings. The third-order valence-corrected chi connectivity index (χ3v) is 3.32. The number of fused-ring (bicyclic) bond motifs is 1. The highest BCUT2D eigenvalue weighted by molar-refractivity contribution is 5.33. The van der Waals surface area contributed by atoms with E-state index in [9.17, 15) is 5.11 Å². The molecule has 0 fully saturated rings. The largest absolute Gasteiger partial charge is 0.378 e. The number of hydrogen-bond acceptors (Lipinski definition) is 2. The Morgan fingerprint density at radius 2 is 2.00 bits per heavy atom. The third kappa shape index (κ3) is 1.80. The molecule has 0 amide bonds. The van der Waals surface area contributed by atoms with Crippen LogP contribution >= 0.6 is 0 Å². The van der Waals surface area contributed by atoms with Gasteiger partial charge in [0.1, 0.15) is 6.23 Å². The summed E-state index contributed by atoms with van der Waals surface area (Å²) in [5.74, 6) is 0.698. The zero-order valence-corrected chi connectivity index (χ0v) is 9.64. The monoisotopic (exact) mass is 205 g/mol. The quantitative estimate of drug-likeness (QED) is 0.759. The Balaban J connectivity index is 2.45. The van der Waals surface area contributed by atoms with Crippen molar-refractivity contribution in [1.82, 2.24) is 4.90 Å². The highest BCUT2D eigenvalue weighted by atomic mass is 16.3. The number of nitrogens with zero attached hydrogens (tertiary/aromatic N) is 1. The fourth-order valence-corrected chi connectivity index (χ4v) is 2.50. The van der Waals surface area contributed by atoms with Gasteiger partial charge in [-0.2, -0.15) is 0 Å². The summed E-state index contributed by atoms with van der Waals surface area (Å²) in [4.78, 5) is 2.02. The SMILES string of the molecule is CC(C)C1c2ccccc2CN(C)C1O. The highest BCUT2D eigenvalue weighted by Gasteiger charge is 2.33. The van der Waals surface area contributed by atoms with Crippen LogP contribution in [-0.2, 0) is 6.54 Å². The highest BCUT2D eigenvalue weighted by Crippen LogP contribution is 2.36. The lowest BCUT2D eigenvalue weighted by molar-refractivity contribution is -0.0267. The smallest absolute Gasteiger partial charge is 0.114 e. The zero-order chi connectivity index (χ0) is 11.0. The van der Waals surface area contributed by atoms with Gasteiger partial charge < -0.3 is 5.11 Å². The molecule has 1 aliphatic heterocycles. The van der Waals surface area contributed by atoms with Crippen molar-refractivity contribution >= 4 is 0 Å².